The van der Waals surface area contributed by atoms with Crippen molar-refractivity contribution in [2.45, 2.75) is 57.9 Å². The van der Waals surface area contributed by atoms with Gasteiger partial charge in [0.1, 0.15) is 12.1 Å². The SMILES string of the molecule is O=C(CC12CC3CC(CC(C3)C1)C2)Nc1ncnc2c1CCN(C(=O)c1ccc(Cl)cc1)C2. The van der Waals surface area contributed by atoms with Gasteiger partial charge in [0, 0.05) is 29.1 Å². The van der Waals surface area contributed by atoms with E-state index in [0.717, 1.165) is 29.0 Å². The summed E-state index contributed by atoms with van der Waals surface area (Å²) in [5.74, 6) is 3.16. The molecule has 172 valence electrons. The van der Waals surface area contributed by atoms with Gasteiger partial charge in [0.05, 0.1) is 12.2 Å². The van der Waals surface area contributed by atoms with Crippen LogP contribution < -0.4 is 5.32 Å². The van der Waals surface area contributed by atoms with Crippen molar-refractivity contribution < 1.29 is 9.59 Å². The maximum atomic E-state index is 13.1. The van der Waals surface area contributed by atoms with E-state index < -0.39 is 0 Å². The van der Waals surface area contributed by atoms with Crippen LogP contribution in [0.4, 0.5) is 5.82 Å². The average Bonchev–Trinajstić information content (AvgIpc) is 2.77. The van der Waals surface area contributed by atoms with Crippen LogP contribution in [0.3, 0.4) is 0 Å². The molecule has 0 saturated heterocycles. The normalized spacial score (nSPS) is 29.6. The Morgan fingerprint density at radius 1 is 1.03 bits per heavy atom. The second kappa shape index (κ2) is 8.08. The number of fused-ring (bicyclic) bond motifs is 1. The summed E-state index contributed by atoms with van der Waals surface area (Å²) in [6, 6.07) is 6.95. The van der Waals surface area contributed by atoms with Gasteiger partial charge in [-0.1, -0.05) is 11.6 Å². The van der Waals surface area contributed by atoms with Crippen LogP contribution in [-0.2, 0) is 17.8 Å². The molecule has 1 aromatic carbocycles. The molecule has 2 amide bonds. The summed E-state index contributed by atoms with van der Waals surface area (Å²) in [7, 11) is 0. The zero-order valence-corrected chi connectivity index (χ0v) is 19.5. The monoisotopic (exact) mass is 464 g/mol. The van der Waals surface area contributed by atoms with Crippen molar-refractivity contribution in [3.8, 4) is 0 Å². The van der Waals surface area contributed by atoms with Crippen molar-refractivity contribution in [1.29, 1.82) is 0 Å². The number of nitrogens with zero attached hydrogens (tertiary/aromatic N) is 3. The molecule has 0 spiro atoms. The predicted molar refractivity (Wildman–Crippen MR) is 126 cm³/mol. The van der Waals surface area contributed by atoms with Crippen molar-refractivity contribution in [2.75, 3.05) is 11.9 Å². The van der Waals surface area contributed by atoms with Crippen molar-refractivity contribution in [3.63, 3.8) is 0 Å². The second-order valence-corrected chi connectivity index (χ2v) is 11.2. The Morgan fingerprint density at radius 3 is 2.36 bits per heavy atom. The molecule has 4 aliphatic carbocycles. The Kier molecular flexibility index (Phi) is 5.17. The zero-order valence-electron chi connectivity index (χ0n) is 18.7. The molecular weight excluding hydrogens is 436 g/mol. The molecule has 4 saturated carbocycles. The number of rotatable bonds is 4. The number of benzene rings is 1. The van der Waals surface area contributed by atoms with Gasteiger partial charge >= 0.3 is 0 Å². The Bertz CT molecular complexity index is 1060. The van der Waals surface area contributed by atoms with Gasteiger partial charge in [-0.15, -0.1) is 0 Å². The van der Waals surface area contributed by atoms with Crippen molar-refractivity contribution in [1.82, 2.24) is 14.9 Å². The van der Waals surface area contributed by atoms with Crippen LogP contribution in [-0.4, -0.2) is 33.2 Å². The molecule has 7 heteroatoms. The topological polar surface area (TPSA) is 75.2 Å². The first-order chi connectivity index (χ1) is 16.0. The summed E-state index contributed by atoms with van der Waals surface area (Å²) < 4.78 is 0. The molecule has 7 rings (SSSR count). The van der Waals surface area contributed by atoms with Crippen molar-refractivity contribution in [3.05, 3.63) is 52.4 Å². The Balaban J connectivity index is 1.14. The first-order valence-electron chi connectivity index (χ1n) is 12.1. The lowest BCUT2D eigenvalue weighted by Gasteiger charge is -2.56. The summed E-state index contributed by atoms with van der Waals surface area (Å²) in [4.78, 5) is 36.7. The van der Waals surface area contributed by atoms with E-state index in [9.17, 15) is 9.59 Å². The molecule has 2 heterocycles. The molecule has 4 fully saturated rings. The minimum atomic E-state index is -0.0386. The third-order valence-electron chi connectivity index (χ3n) is 8.34. The minimum Gasteiger partial charge on any atom is -0.332 e. The summed E-state index contributed by atoms with van der Waals surface area (Å²) in [6.45, 7) is 0.983. The lowest BCUT2D eigenvalue weighted by molar-refractivity contribution is -0.124. The maximum absolute atomic E-state index is 13.1. The molecule has 33 heavy (non-hydrogen) atoms. The van der Waals surface area contributed by atoms with Crippen LogP contribution in [0.5, 0.6) is 0 Å². The number of aromatic nitrogens is 2. The van der Waals surface area contributed by atoms with Crippen molar-refractivity contribution >= 4 is 29.2 Å². The number of carbonyl (C=O) groups excluding carboxylic acids is 2. The molecule has 6 nitrogen and oxygen atoms in total. The summed E-state index contributed by atoms with van der Waals surface area (Å²) in [5.41, 5.74) is 2.58. The van der Waals surface area contributed by atoms with E-state index in [-0.39, 0.29) is 17.2 Å². The van der Waals surface area contributed by atoms with E-state index in [4.69, 9.17) is 11.6 Å². The molecule has 5 aliphatic rings. The highest BCUT2D eigenvalue weighted by Gasteiger charge is 2.51. The van der Waals surface area contributed by atoms with E-state index in [1.807, 2.05) is 0 Å². The van der Waals surface area contributed by atoms with Gasteiger partial charge in [0.15, 0.2) is 0 Å². The Labute approximate surface area is 199 Å². The third kappa shape index (κ3) is 4.03. The van der Waals surface area contributed by atoms with Crippen LogP contribution in [0.2, 0.25) is 5.02 Å². The van der Waals surface area contributed by atoms with Gasteiger partial charge in [-0.3, -0.25) is 9.59 Å². The molecule has 1 N–H and O–H groups in total. The summed E-state index contributed by atoms with van der Waals surface area (Å²) in [6.07, 6.45) is 10.5. The van der Waals surface area contributed by atoms with Gasteiger partial charge in [-0.05, 0) is 92.4 Å². The molecule has 0 unspecified atom stereocenters. The Hall–Kier alpha value is -2.47. The average molecular weight is 465 g/mol. The van der Waals surface area contributed by atoms with Crippen LogP contribution >= 0.6 is 11.6 Å². The lowest BCUT2D eigenvalue weighted by Crippen LogP contribution is -2.47. The standard InChI is InChI=1S/C26H29ClN4O2/c27-20-3-1-19(2-4-20)25(33)31-6-5-21-22(14-31)28-15-29-24(21)30-23(32)13-26-10-16-7-17(11-26)9-18(8-16)12-26/h1-4,15-18H,5-14H2,(H,28,29,30,32). The number of halogens is 1. The number of carbonyl (C=O) groups is 2. The number of anilines is 1. The zero-order chi connectivity index (χ0) is 22.6. The predicted octanol–water partition coefficient (Wildman–Crippen LogP) is 4.87. The smallest absolute Gasteiger partial charge is 0.254 e. The summed E-state index contributed by atoms with van der Waals surface area (Å²) in [5, 5.41) is 3.73. The van der Waals surface area contributed by atoms with Gasteiger partial charge in [0.2, 0.25) is 5.91 Å². The van der Waals surface area contributed by atoms with E-state index in [1.165, 1.54) is 44.9 Å². The molecule has 4 bridgehead atoms. The molecule has 0 atom stereocenters. The lowest BCUT2D eigenvalue weighted by atomic mass is 9.49. The number of nitrogens with one attached hydrogen (secondary N) is 1. The quantitative estimate of drug-likeness (QED) is 0.700. The maximum Gasteiger partial charge on any atom is 0.254 e. The number of hydrogen-bond acceptors (Lipinski definition) is 4. The van der Waals surface area contributed by atoms with E-state index in [1.54, 1.807) is 29.2 Å². The number of amides is 2. The van der Waals surface area contributed by atoms with Gasteiger partial charge < -0.3 is 10.2 Å². The highest BCUT2D eigenvalue weighted by molar-refractivity contribution is 6.30. The fraction of sp³-hybridized carbons (Fsp3) is 0.538. The highest BCUT2D eigenvalue weighted by atomic mass is 35.5. The summed E-state index contributed by atoms with van der Waals surface area (Å²) >= 11 is 5.95. The highest BCUT2D eigenvalue weighted by Crippen LogP contribution is 2.61. The third-order valence-corrected chi connectivity index (χ3v) is 8.60. The van der Waals surface area contributed by atoms with E-state index >= 15 is 0 Å². The fourth-order valence-corrected chi connectivity index (χ4v) is 7.56. The van der Waals surface area contributed by atoms with Crippen LogP contribution in [0.1, 0.15) is 66.6 Å². The molecule has 2 aromatic rings. The number of hydrogen-bond donors (Lipinski definition) is 1. The molecule has 1 aliphatic heterocycles. The van der Waals surface area contributed by atoms with E-state index in [2.05, 4.69) is 15.3 Å². The molecule has 1 aromatic heterocycles. The molecular formula is C26H29ClN4O2. The first-order valence-corrected chi connectivity index (χ1v) is 12.5. The first kappa shape index (κ1) is 21.1. The van der Waals surface area contributed by atoms with Gasteiger partial charge in [-0.2, -0.15) is 0 Å². The van der Waals surface area contributed by atoms with Crippen LogP contribution in [0, 0.1) is 23.2 Å². The van der Waals surface area contributed by atoms with Crippen LogP contribution in [0.25, 0.3) is 0 Å². The van der Waals surface area contributed by atoms with Crippen LogP contribution in [0.15, 0.2) is 30.6 Å². The molecule has 0 radical (unpaired) electrons. The largest absolute Gasteiger partial charge is 0.332 e. The van der Waals surface area contributed by atoms with Gasteiger partial charge in [-0.25, -0.2) is 9.97 Å². The van der Waals surface area contributed by atoms with E-state index in [0.29, 0.717) is 42.3 Å². The van der Waals surface area contributed by atoms with Crippen molar-refractivity contribution in [2.24, 2.45) is 23.2 Å². The van der Waals surface area contributed by atoms with Gasteiger partial charge in [0.25, 0.3) is 5.91 Å². The Morgan fingerprint density at radius 2 is 1.70 bits per heavy atom. The minimum absolute atomic E-state index is 0.0386. The fourth-order valence-electron chi connectivity index (χ4n) is 7.43. The second-order valence-electron chi connectivity index (χ2n) is 10.8.